The highest BCUT2D eigenvalue weighted by Crippen LogP contribution is 2.26. The first-order chi connectivity index (χ1) is 12.8. The van der Waals surface area contributed by atoms with Gasteiger partial charge in [-0.1, -0.05) is 25.1 Å². The topological polar surface area (TPSA) is 101 Å². The fourth-order valence-corrected chi connectivity index (χ4v) is 4.32. The van der Waals surface area contributed by atoms with Crippen LogP contribution in [0.2, 0.25) is 0 Å². The van der Waals surface area contributed by atoms with Crippen molar-refractivity contribution in [3.05, 3.63) is 70.5 Å². The molecule has 2 N–H and O–H groups in total. The average Bonchev–Trinajstić information content (AvgIpc) is 3.07. The number of nitrogens with one attached hydrogen (secondary N) is 1. The molecule has 9 heteroatoms. The molecule has 0 saturated carbocycles. The number of carbonyl (C=O) groups is 1. The first kappa shape index (κ1) is 19.1. The minimum absolute atomic E-state index is 0.0543. The Morgan fingerprint density at radius 3 is 2.63 bits per heavy atom. The summed E-state index contributed by atoms with van der Waals surface area (Å²) in [6.07, 6.45) is 3.75. The van der Waals surface area contributed by atoms with Gasteiger partial charge in [0.25, 0.3) is 10.0 Å². The summed E-state index contributed by atoms with van der Waals surface area (Å²) in [6, 6.07) is 10.9. The van der Waals surface area contributed by atoms with Crippen molar-refractivity contribution < 1.29 is 18.3 Å². The number of para-hydroxylation sites is 2. The molecule has 3 rings (SSSR count). The highest BCUT2D eigenvalue weighted by atomic mass is 79.9. The highest BCUT2D eigenvalue weighted by molar-refractivity contribution is 9.10. The molecule has 1 aromatic heterocycles. The van der Waals surface area contributed by atoms with E-state index in [1.807, 2.05) is 6.92 Å². The van der Waals surface area contributed by atoms with Gasteiger partial charge in [-0.2, -0.15) is 5.10 Å². The van der Waals surface area contributed by atoms with Gasteiger partial charge in [-0.25, -0.2) is 17.9 Å². The van der Waals surface area contributed by atoms with E-state index in [9.17, 15) is 18.3 Å². The van der Waals surface area contributed by atoms with Crippen LogP contribution in [0.3, 0.4) is 0 Å². The van der Waals surface area contributed by atoms with Crippen LogP contribution in [0.4, 0.5) is 5.69 Å². The van der Waals surface area contributed by atoms with Crippen molar-refractivity contribution >= 4 is 37.6 Å². The molecule has 0 unspecified atom stereocenters. The maximum absolute atomic E-state index is 13.0. The maximum Gasteiger partial charge on any atom is 0.335 e. The van der Waals surface area contributed by atoms with Crippen molar-refractivity contribution in [3.63, 3.8) is 0 Å². The lowest BCUT2D eigenvalue weighted by molar-refractivity contribution is 0.0696. The van der Waals surface area contributed by atoms with Gasteiger partial charge in [-0.05, 0) is 52.2 Å². The summed E-state index contributed by atoms with van der Waals surface area (Å²) in [5, 5.41) is 13.4. The van der Waals surface area contributed by atoms with Crippen molar-refractivity contribution in [1.82, 2.24) is 9.78 Å². The Balaban J connectivity index is 2.06. The van der Waals surface area contributed by atoms with Gasteiger partial charge >= 0.3 is 5.97 Å². The second-order valence-electron chi connectivity index (χ2n) is 5.71. The number of benzene rings is 2. The van der Waals surface area contributed by atoms with Gasteiger partial charge in [-0.15, -0.1) is 0 Å². The largest absolute Gasteiger partial charge is 0.478 e. The van der Waals surface area contributed by atoms with Crippen molar-refractivity contribution in [1.29, 1.82) is 0 Å². The van der Waals surface area contributed by atoms with E-state index in [0.29, 0.717) is 23.4 Å². The van der Waals surface area contributed by atoms with Gasteiger partial charge in [0.05, 0.1) is 32.5 Å². The molecule has 0 atom stereocenters. The fourth-order valence-electron chi connectivity index (χ4n) is 2.62. The number of hydrogen-bond acceptors (Lipinski definition) is 4. The molecule has 0 saturated heterocycles. The first-order valence-corrected chi connectivity index (χ1v) is 10.3. The van der Waals surface area contributed by atoms with Crippen molar-refractivity contribution in [2.45, 2.75) is 18.2 Å². The zero-order valence-electron chi connectivity index (χ0n) is 14.3. The number of nitrogens with zero attached hydrogens (tertiary/aromatic N) is 2. The molecule has 2 aromatic carbocycles. The van der Waals surface area contributed by atoms with Crippen molar-refractivity contribution in [2.24, 2.45) is 0 Å². The van der Waals surface area contributed by atoms with Crippen LogP contribution in [-0.4, -0.2) is 29.3 Å². The Kier molecular flexibility index (Phi) is 5.33. The number of rotatable bonds is 6. The van der Waals surface area contributed by atoms with Crippen LogP contribution < -0.4 is 4.72 Å². The van der Waals surface area contributed by atoms with Gasteiger partial charge in [-0.3, -0.25) is 4.72 Å². The number of aryl methyl sites for hydroxylation is 1. The molecular weight excluding hydrogens is 434 g/mol. The fraction of sp³-hybridized carbons (Fsp3) is 0.111. The molecule has 0 spiro atoms. The third kappa shape index (κ3) is 4.04. The number of sulfonamides is 1. The molecule has 3 aromatic rings. The van der Waals surface area contributed by atoms with Crippen molar-refractivity contribution in [3.8, 4) is 5.69 Å². The van der Waals surface area contributed by atoms with E-state index >= 15 is 0 Å². The number of carboxylic acid groups (broad SMARTS) is 1. The minimum atomic E-state index is -4.00. The van der Waals surface area contributed by atoms with Crippen LogP contribution in [0, 0.1) is 0 Å². The predicted molar refractivity (Wildman–Crippen MR) is 105 cm³/mol. The number of aromatic carboxylic acids is 1. The van der Waals surface area contributed by atoms with E-state index in [4.69, 9.17) is 0 Å². The Labute approximate surface area is 164 Å². The summed E-state index contributed by atoms with van der Waals surface area (Å²) in [7, 11) is -4.00. The Morgan fingerprint density at radius 2 is 2.00 bits per heavy atom. The Morgan fingerprint density at radius 1 is 1.26 bits per heavy atom. The molecule has 140 valence electrons. The summed E-state index contributed by atoms with van der Waals surface area (Å²) in [4.78, 5) is 11.2. The van der Waals surface area contributed by atoms with Gasteiger partial charge < -0.3 is 5.11 Å². The molecule has 1 heterocycles. The third-order valence-electron chi connectivity index (χ3n) is 3.93. The van der Waals surface area contributed by atoms with Crippen LogP contribution in [0.25, 0.3) is 5.69 Å². The van der Waals surface area contributed by atoms with E-state index in [0.717, 1.165) is 4.47 Å². The number of anilines is 1. The van der Waals surface area contributed by atoms with E-state index < -0.39 is 16.0 Å². The quantitative estimate of drug-likeness (QED) is 0.597. The molecule has 0 aliphatic rings. The number of halogens is 1. The lowest BCUT2D eigenvalue weighted by Crippen LogP contribution is -2.17. The van der Waals surface area contributed by atoms with Crippen LogP contribution in [-0.2, 0) is 16.4 Å². The molecule has 0 amide bonds. The van der Waals surface area contributed by atoms with Gasteiger partial charge in [0.2, 0.25) is 0 Å². The van der Waals surface area contributed by atoms with E-state index in [1.54, 1.807) is 36.7 Å². The second kappa shape index (κ2) is 7.53. The first-order valence-electron chi connectivity index (χ1n) is 8.00. The van der Waals surface area contributed by atoms with E-state index in [2.05, 4.69) is 25.8 Å². The summed E-state index contributed by atoms with van der Waals surface area (Å²) >= 11 is 3.31. The third-order valence-corrected chi connectivity index (χ3v) is 5.79. The smallest absolute Gasteiger partial charge is 0.335 e. The minimum Gasteiger partial charge on any atom is -0.478 e. The second-order valence-corrected chi connectivity index (χ2v) is 8.27. The molecule has 0 aliphatic heterocycles. The van der Waals surface area contributed by atoms with E-state index in [-0.39, 0.29) is 10.5 Å². The SMILES string of the molecule is CCc1ccc(C(=O)O)cc1S(=O)(=O)Nc1ccccc1-n1cc(Br)cn1. The standard InChI is InChI=1S/C18H16BrN3O4S/c1-2-12-7-8-13(18(23)24)9-17(12)27(25,26)21-15-5-3-4-6-16(15)22-11-14(19)10-20-22/h3-11,21H,2H2,1H3,(H,23,24). The molecular formula is C18H16BrN3O4S. The molecule has 0 fully saturated rings. The normalized spacial score (nSPS) is 11.3. The monoisotopic (exact) mass is 449 g/mol. The lowest BCUT2D eigenvalue weighted by atomic mass is 10.1. The zero-order valence-corrected chi connectivity index (χ0v) is 16.7. The maximum atomic E-state index is 13.0. The number of aromatic nitrogens is 2. The van der Waals surface area contributed by atoms with Gasteiger partial charge in [0.15, 0.2) is 0 Å². The van der Waals surface area contributed by atoms with Gasteiger partial charge in [0.1, 0.15) is 0 Å². The molecule has 0 radical (unpaired) electrons. The molecule has 7 nitrogen and oxygen atoms in total. The Bertz CT molecular complexity index is 1110. The summed E-state index contributed by atoms with van der Waals surface area (Å²) in [6.45, 7) is 1.81. The number of hydrogen-bond donors (Lipinski definition) is 2. The summed E-state index contributed by atoms with van der Waals surface area (Å²) < 4.78 is 30.8. The van der Waals surface area contributed by atoms with Crippen LogP contribution >= 0.6 is 15.9 Å². The summed E-state index contributed by atoms with van der Waals surface area (Å²) in [5.41, 5.74) is 1.32. The van der Waals surface area contributed by atoms with Crippen molar-refractivity contribution in [2.75, 3.05) is 4.72 Å². The molecule has 0 aliphatic carbocycles. The lowest BCUT2D eigenvalue weighted by Gasteiger charge is -2.15. The molecule has 27 heavy (non-hydrogen) atoms. The number of carboxylic acids is 1. The van der Waals surface area contributed by atoms with Crippen LogP contribution in [0.5, 0.6) is 0 Å². The summed E-state index contributed by atoms with van der Waals surface area (Å²) in [5.74, 6) is -1.18. The highest BCUT2D eigenvalue weighted by Gasteiger charge is 2.21. The zero-order chi connectivity index (χ0) is 19.6. The Hall–Kier alpha value is -2.65. The van der Waals surface area contributed by atoms with E-state index in [1.165, 1.54) is 22.9 Å². The van der Waals surface area contributed by atoms with Crippen LogP contribution in [0.1, 0.15) is 22.8 Å². The van der Waals surface area contributed by atoms with Crippen LogP contribution in [0.15, 0.2) is 64.2 Å². The predicted octanol–water partition coefficient (Wildman–Crippen LogP) is 3.70. The average molecular weight is 450 g/mol. The van der Waals surface area contributed by atoms with Gasteiger partial charge in [0, 0.05) is 6.20 Å². The molecule has 0 bridgehead atoms.